The largest absolute Gasteiger partial charge is 0.347 e. The van der Waals surface area contributed by atoms with E-state index in [-0.39, 0.29) is 7.43 Å². The smallest absolute Gasteiger partial charge is 0.132 e. The van der Waals surface area contributed by atoms with Crippen LogP contribution in [-0.2, 0) is 0 Å². The van der Waals surface area contributed by atoms with Crippen LogP contribution in [0.3, 0.4) is 0 Å². The monoisotopic (exact) mass is 164 g/mol. The summed E-state index contributed by atoms with van der Waals surface area (Å²) in [4.78, 5) is 4.19. The molecule has 0 spiro atoms. The maximum atomic E-state index is 4.19. The van der Waals surface area contributed by atoms with Gasteiger partial charge in [0.05, 0.1) is 0 Å². The summed E-state index contributed by atoms with van der Waals surface area (Å²) in [6.45, 7) is 7.61. The normalized spacial score (nSPS) is 8.50. The van der Waals surface area contributed by atoms with Crippen molar-refractivity contribution in [3.63, 3.8) is 0 Å². The molecule has 1 rings (SSSR count). The number of pyridine rings is 1. The number of nitrogens with one attached hydrogen (secondary N) is 1. The summed E-state index contributed by atoms with van der Waals surface area (Å²) in [7, 11) is 0. The minimum Gasteiger partial charge on any atom is -0.347 e. The fourth-order valence-electron chi connectivity index (χ4n) is 0.963. The first kappa shape index (κ1) is 10.7. The van der Waals surface area contributed by atoms with Crippen LogP contribution in [0.15, 0.2) is 25.0 Å². The van der Waals surface area contributed by atoms with E-state index in [0.717, 1.165) is 11.4 Å². The fourth-order valence-corrected chi connectivity index (χ4v) is 0.963. The zero-order valence-corrected chi connectivity index (χ0v) is 6.89. The average Bonchev–Trinajstić information content (AvgIpc) is 1.95. The summed E-state index contributed by atoms with van der Waals surface area (Å²) in [5.41, 5.74) is 2.32. The van der Waals surface area contributed by atoms with Gasteiger partial charge in [0.1, 0.15) is 5.82 Å². The molecule has 0 aliphatic carbocycles. The Hall–Kier alpha value is -1.31. The molecule has 0 aliphatic rings. The summed E-state index contributed by atoms with van der Waals surface area (Å²) in [6.07, 6.45) is 3.46. The van der Waals surface area contributed by atoms with E-state index in [1.807, 2.05) is 20.0 Å². The number of hydrogen-bond donors (Lipinski definition) is 1. The quantitative estimate of drug-likeness (QED) is 0.727. The first-order chi connectivity index (χ1) is 5.24. The highest BCUT2D eigenvalue weighted by atomic mass is 15.0. The summed E-state index contributed by atoms with van der Waals surface area (Å²) >= 11 is 0. The Bertz CT molecular complexity index is 267. The third-order valence-corrected chi connectivity index (χ3v) is 1.45. The van der Waals surface area contributed by atoms with Crippen LogP contribution >= 0.6 is 0 Å². The lowest BCUT2D eigenvalue weighted by molar-refractivity contribution is 1.21. The lowest BCUT2D eigenvalue weighted by atomic mass is 10.2. The van der Waals surface area contributed by atoms with E-state index in [1.54, 1.807) is 6.20 Å². The van der Waals surface area contributed by atoms with Crippen molar-refractivity contribution in [2.45, 2.75) is 21.3 Å². The molecule has 0 radical (unpaired) electrons. The van der Waals surface area contributed by atoms with Crippen LogP contribution in [0.2, 0.25) is 0 Å². The van der Waals surface area contributed by atoms with E-state index in [4.69, 9.17) is 0 Å². The van der Waals surface area contributed by atoms with Gasteiger partial charge in [0.15, 0.2) is 0 Å². The molecule has 0 unspecified atom stereocenters. The Morgan fingerprint density at radius 1 is 1.50 bits per heavy atom. The van der Waals surface area contributed by atoms with Gasteiger partial charge in [0.25, 0.3) is 0 Å². The first-order valence-corrected chi connectivity index (χ1v) is 3.54. The number of nitrogens with zero attached hydrogens (tertiary/aromatic N) is 1. The number of hydrogen-bond acceptors (Lipinski definition) is 2. The van der Waals surface area contributed by atoms with E-state index in [2.05, 4.69) is 22.9 Å². The third kappa shape index (κ3) is 2.38. The lowest BCUT2D eigenvalue weighted by Crippen LogP contribution is -1.93. The predicted molar refractivity (Wildman–Crippen MR) is 54.3 cm³/mol. The highest BCUT2D eigenvalue weighted by molar-refractivity contribution is 5.45. The summed E-state index contributed by atoms with van der Waals surface area (Å²) in [5.74, 6) is 0.880. The Morgan fingerprint density at radius 3 is 2.67 bits per heavy atom. The summed E-state index contributed by atoms with van der Waals surface area (Å²) in [5, 5.41) is 2.96. The molecule has 0 aliphatic heterocycles. The minimum absolute atomic E-state index is 0. The van der Waals surface area contributed by atoms with Crippen molar-refractivity contribution < 1.29 is 0 Å². The van der Waals surface area contributed by atoms with Crippen LogP contribution in [0.1, 0.15) is 18.6 Å². The van der Waals surface area contributed by atoms with Gasteiger partial charge >= 0.3 is 0 Å². The van der Waals surface area contributed by atoms with Gasteiger partial charge in [-0.05, 0) is 31.2 Å². The second kappa shape index (κ2) is 4.54. The van der Waals surface area contributed by atoms with E-state index in [9.17, 15) is 0 Å². The number of aryl methyl sites for hydroxylation is 2. The summed E-state index contributed by atoms with van der Waals surface area (Å²) in [6, 6.07) is 2.08. The van der Waals surface area contributed by atoms with Gasteiger partial charge in [0, 0.05) is 6.20 Å². The molecule has 0 atom stereocenters. The van der Waals surface area contributed by atoms with Gasteiger partial charge in [-0.15, -0.1) is 0 Å². The second-order valence-electron chi connectivity index (χ2n) is 2.53. The van der Waals surface area contributed by atoms with Crippen LogP contribution in [0.4, 0.5) is 5.82 Å². The van der Waals surface area contributed by atoms with Crippen LogP contribution in [0.25, 0.3) is 0 Å². The summed E-state index contributed by atoms with van der Waals surface area (Å²) < 4.78 is 0. The molecule has 1 heterocycles. The van der Waals surface area contributed by atoms with Gasteiger partial charge in [-0.2, -0.15) is 0 Å². The molecule has 0 aromatic carbocycles. The number of rotatable bonds is 2. The number of anilines is 1. The van der Waals surface area contributed by atoms with Crippen LogP contribution in [-0.4, -0.2) is 4.98 Å². The number of aromatic nitrogens is 1. The molecule has 66 valence electrons. The van der Waals surface area contributed by atoms with Crippen LogP contribution in [0.5, 0.6) is 0 Å². The third-order valence-electron chi connectivity index (χ3n) is 1.45. The lowest BCUT2D eigenvalue weighted by Gasteiger charge is -2.03. The zero-order chi connectivity index (χ0) is 8.27. The molecule has 2 heteroatoms. The van der Waals surface area contributed by atoms with Gasteiger partial charge in [0.2, 0.25) is 0 Å². The van der Waals surface area contributed by atoms with Crippen molar-refractivity contribution in [1.82, 2.24) is 4.98 Å². The average molecular weight is 164 g/mol. The van der Waals surface area contributed by atoms with Crippen molar-refractivity contribution in [2.24, 2.45) is 0 Å². The van der Waals surface area contributed by atoms with Crippen molar-refractivity contribution in [1.29, 1.82) is 0 Å². The molecule has 0 fully saturated rings. The SMILES string of the molecule is C.C=CNc1ncc(C)cc1C. The van der Waals surface area contributed by atoms with Crippen molar-refractivity contribution in [2.75, 3.05) is 5.32 Å². The molecule has 1 N–H and O–H groups in total. The highest BCUT2D eigenvalue weighted by Crippen LogP contribution is 2.11. The first-order valence-electron chi connectivity index (χ1n) is 3.54. The second-order valence-corrected chi connectivity index (χ2v) is 2.53. The molecule has 1 aromatic heterocycles. The molecule has 0 saturated heterocycles. The maximum Gasteiger partial charge on any atom is 0.132 e. The van der Waals surface area contributed by atoms with Crippen molar-refractivity contribution in [3.8, 4) is 0 Å². The molecule has 1 aromatic rings. The van der Waals surface area contributed by atoms with E-state index in [0.29, 0.717) is 0 Å². The molecule has 12 heavy (non-hydrogen) atoms. The Labute approximate surface area is 74.3 Å². The van der Waals surface area contributed by atoms with Gasteiger partial charge in [-0.3, -0.25) is 0 Å². The topological polar surface area (TPSA) is 24.9 Å². The molecule has 2 nitrogen and oxygen atoms in total. The Morgan fingerprint density at radius 2 is 2.17 bits per heavy atom. The molecule has 0 bridgehead atoms. The molecular formula is C10H16N2. The Balaban J connectivity index is 0.00000121. The highest BCUT2D eigenvalue weighted by Gasteiger charge is 1.95. The zero-order valence-electron chi connectivity index (χ0n) is 6.89. The van der Waals surface area contributed by atoms with E-state index >= 15 is 0 Å². The maximum absolute atomic E-state index is 4.19. The Kier molecular flexibility index (Phi) is 4.05. The van der Waals surface area contributed by atoms with Crippen LogP contribution < -0.4 is 5.32 Å². The molecule has 0 saturated carbocycles. The van der Waals surface area contributed by atoms with Gasteiger partial charge in [-0.1, -0.05) is 20.1 Å². The standard InChI is InChI=1S/C9H12N2.CH4/c1-4-10-9-8(3)5-7(2)6-11-9;/h4-6H,1H2,2-3H3,(H,10,11);1H4. The molecular weight excluding hydrogens is 148 g/mol. The van der Waals surface area contributed by atoms with Gasteiger partial charge in [-0.25, -0.2) is 4.98 Å². The molecule has 0 amide bonds. The van der Waals surface area contributed by atoms with Crippen molar-refractivity contribution in [3.05, 3.63) is 36.2 Å². The fraction of sp³-hybridized carbons (Fsp3) is 0.300. The minimum atomic E-state index is 0. The van der Waals surface area contributed by atoms with Crippen molar-refractivity contribution >= 4 is 5.82 Å². The van der Waals surface area contributed by atoms with E-state index in [1.165, 1.54) is 5.56 Å². The predicted octanol–water partition coefficient (Wildman–Crippen LogP) is 2.89. The van der Waals surface area contributed by atoms with Crippen LogP contribution in [0, 0.1) is 13.8 Å². The van der Waals surface area contributed by atoms with Gasteiger partial charge < -0.3 is 5.32 Å². The van der Waals surface area contributed by atoms with E-state index < -0.39 is 0 Å².